The van der Waals surface area contributed by atoms with Crippen molar-refractivity contribution in [1.29, 1.82) is 0 Å². The fourth-order valence-electron chi connectivity index (χ4n) is 3.15. The molecule has 0 radical (unpaired) electrons. The van der Waals surface area contributed by atoms with Crippen LogP contribution in [0.1, 0.15) is 18.4 Å². The molecule has 0 amide bonds. The van der Waals surface area contributed by atoms with Crippen molar-refractivity contribution in [2.75, 3.05) is 13.1 Å². The monoisotopic (exact) mass is 263 g/mol. The van der Waals surface area contributed by atoms with E-state index in [1.165, 1.54) is 25.0 Å². The minimum Gasteiger partial charge on any atom is -0.481 e. The van der Waals surface area contributed by atoms with Crippen LogP contribution in [0.15, 0.2) is 24.3 Å². The lowest BCUT2D eigenvalue weighted by Gasteiger charge is -2.15. The minimum absolute atomic E-state index is 0.229. The topological polar surface area (TPSA) is 40.5 Å². The van der Waals surface area contributed by atoms with E-state index < -0.39 is 5.97 Å². The number of hydrogen-bond donors (Lipinski definition) is 1. The number of carboxylic acid groups (broad SMARTS) is 1. The molecule has 1 aliphatic carbocycles. The Morgan fingerprint density at radius 1 is 1.26 bits per heavy atom. The summed E-state index contributed by atoms with van der Waals surface area (Å²) in [6, 6.07) is 6.46. The van der Waals surface area contributed by atoms with Gasteiger partial charge in [-0.05, 0) is 42.4 Å². The highest BCUT2D eigenvalue weighted by atomic mass is 19.1. The van der Waals surface area contributed by atoms with Gasteiger partial charge < -0.3 is 5.11 Å². The summed E-state index contributed by atoms with van der Waals surface area (Å²) in [5.74, 6) is -0.215. The van der Waals surface area contributed by atoms with Crippen LogP contribution in [0.2, 0.25) is 0 Å². The molecule has 1 heterocycles. The van der Waals surface area contributed by atoms with Crippen molar-refractivity contribution < 1.29 is 14.3 Å². The summed E-state index contributed by atoms with van der Waals surface area (Å²) in [6.45, 7) is 2.19. The maximum absolute atomic E-state index is 12.9. The van der Waals surface area contributed by atoms with Gasteiger partial charge in [0.15, 0.2) is 0 Å². The highest BCUT2D eigenvalue weighted by molar-refractivity contribution is 5.71. The second-order valence-electron chi connectivity index (χ2n) is 5.77. The Kier molecular flexibility index (Phi) is 3.27. The van der Waals surface area contributed by atoms with Crippen LogP contribution in [0.5, 0.6) is 0 Å². The number of hydrogen-bond acceptors (Lipinski definition) is 2. The molecule has 19 heavy (non-hydrogen) atoms. The lowest BCUT2D eigenvalue weighted by atomic mass is 9.92. The molecule has 1 saturated heterocycles. The van der Waals surface area contributed by atoms with Gasteiger partial charge in [-0.2, -0.15) is 0 Å². The summed E-state index contributed by atoms with van der Waals surface area (Å²) in [7, 11) is 0. The van der Waals surface area contributed by atoms with Gasteiger partial charge in [0, 0.05) is 19.6 Å². The number of rotatable bonds is 4. The summed E-state index contributed by atoms with van der Waals surface area (Å²) in [6.07, 6.45) is 2.36. The summed E-state index contributed by atoms with van der Waals surface area (Å²) in [5, 5.41) is 9.30. The molecule has 1 aromatic carbocycles. The third kappa shape index (κ3) is 2.78. The first kappa shape index (κ1) is 12.6. The van der Waals surface area contributed by atoms with E-state index in [2.05, 4.69) is 4.90 Å². The van der Waals surface area contributed by atoms with Crippen LogP contribution in [0, 0.1) is 23.6 Å². The predicted molar refractivity (Wildman–Crippen MR) is 69.0 cm³/mol. The fraction of sp³-hybridized carbons (Fsp3) is 0.533. The zero-order chi connectivity index (χ0) is 13.4. The summed E-state index contributed by atoms with van der Waals surface area (Å²) in [5.41, 5.74) is 1.04. The van der Waals surface area contributed by atoms with Crippen molar-refractivity contribution in [1.82, 2.24) is 4.90 Å². The molecule has 4 heteroatoms. The zero-order valence-corrected chi connectivity index (χ0v) is 10.8. The van der Waals surface area contributed by atoms with Crippen molar-refractivity contribution in [3.05, 3.63) is 35.6 Å². The molecule has 2 fully saturated rings. The van der Waals surface area contributed by atoms with Crippen LogP contribution in [0.4, 0.5) is 4.39 Å². The first-order valence-electron chi connectivity index (χ1n) is 6.83. The Hall–Kier alpha value is -1.42. The molecular formula is C15H18FNO2. The van der Waals surface area contributed by atoms with Crippen molar-refractivity contribution in [2.45, 2.75) is 19.4 Å². The summed E-state index contributed by atoms with van der Waals surface area (Å²) >= 11 is 0. The zero-order valence-electron chi connectivity index (χ0n) is 10.8. The van der Waals surface area contributed by atoms with E-state index in [-0.39, 0.29) is 11.7 Å². The Morgan fingerprint density at radius 3 is 2.53 bits per heavy atom. The normalized spacial score (nSPS) is 27.6. The van der Waals surface area contributed by atoms with Crippen LogP contribution in [0.25, 0.3) is 0 Å². The van der Waals surface area contributed by atoms with E-state index in [0.29, 0.717) is 24.9 Å². The quantitative estimate of drug-likeness (QED) is 0.906. The molecule has 0 aromatic heterocycles. The van der Waals surface area contributed by atoms with Gasteiger partial charge in [-0.25, -0.2) is 4.39 Å². The molecular weight excluding hydrogens is 245 g/mol. The Bertz CT molecular complexity index is 470. The van der Waals surface area contributed by atoms with Crippen molar-refractivity contribution in [3.63, 3.8) is 0 Å². The first-order valence-corrected chi connectivity index (χ1v) is 6.83. The molecule has 1 N–H and O–H groups in total. The fourth-order valence-corrected chi connectivity index (χ4v) is 3.15. The number of likely N-dealkylation sites (tertiary alicyclic amines) is 1. The highest BCUT2D eigenvalue weighted by Crippen LogP contribution is 2.44. The van der Waals surface area contributed by atoms with Crippen LogP contribution in [-0.2, 0) is 11.3 Å². The summed E-state index contributed by atoms with van der Waals surface area (Å²) in [4.78, 5) is 13.5. The lowest BCUT2D eigenvalue weighted by Crippen LogP contribution is -2.24. The van der Waals surface area contributed by atoms with Gasteiger partial charge >= 0.3 is 5.97 Å². The number of carboxylic acids is 1. The molecule has 0 spiro atoms. The molecule has 0 bridgehead atoms. The molecule has 3 nitrogen and oxygen atoms in total. The molecule has 1 aliphatic heterocycles. The third-order valence-electron chi connectivity index (χ3n) is 4.30. The maximum atomic E-state index is 12.9. The Balaban J connectivity index is 1.66. The second-order valence-corrected chi connectivity index (χ2v) is 5.77. The van der Waals surface area contributed by atoms with Crippen LogP contribution < -0.4 is 0 Å². The number of nitrogens with zero attached hydrogens (tertiary/aromatic N) is 1. The van der Waals surface area contributed by atoms with E-state index in [1.807, 2.05) is 0 Å². The van der Waals surface area contributed by atoms with Gasteiger partial charge in [-0.1, -0.05) is 12.1 Å². The number of aliphatic carboxylic acids is 1. The first-order chi connectivity index (χ1) is 9.13. The highest BCUT2D eigenvalue weighted by Gasteiger charge is 2.45. The number of benzene rings is 1. The largest absolute Gasteiger partial charge is 0.481 e. The maximum Gasteiger partial charge on any atom is 0.308 e. The number of halogens is 1. The SMILES string of the molecule is O=C(O)[C@@H]1CN(Cc2ccc(F)cc2)C[C@H]1C1CC1. The summed E-state index contributed by atoms with van der Waals surface area (Å²) < 4.78 is 12.9. The van der Waals surface area contributed by atoms with Gasteiger partial charge in [0.25, 0.3) is 0 Å². The molecule has 2 atom stereocenters. The van der Waals surface area contributed by atoms with Gasteiger partial charge in [0.05, 0.1) is 5.92 Å². The van der Waals surface area contributed by atoms with E-state index >= 15 is 0 Å². The smallest absolute Gasteiger partial charge is 0.308 e. The second kappa shape index (κ2) is 4.93. The van der Waals surface area contributed by atoms with Gasteiger partial charge in [-0.3, -0.25) is 9.69 Å². The average Bonchev–Trinajstić information content (AvgIpc) is 3.13. The minimum atomic E-state index is -0.668. The van der Waals surface area contributed by atoms with Crippen LogP contribution >= 0.6 is 0 Å². The lowest BCUT2D eigenvalue weighted by molar-refractivity contribution is -0.142. The molecule has 1 saturated carbocycles. The van der Waals surface area contributed by atoms with E-state index in [9.17, 15) is 14.3 Å². The molecule has 0 unspecified atom stereocenters. The molecule has 3 rings (SSSR count). The standard InChI is InChI=1S/C15H18FNO2/c16-12-5-1-10(2-6-12)7-17-8-13(11-3-4-11)14(9-17)15(18)19/h1-2,5-6,11,13-14H,3-4,7-9H2,(H,18,19)/t13-,14+/m0/s1. The van der Waals surface area contributed by atoms with Gasteiger partial charge in [-0.15, -0.1) is 0 Å². The van der Waals surface area contributed by atoms with Gasteiger partial charge in [0.2, 0.25) is 0 Å². The van der Waals surface area contributed by atoms with Crippen LogP contribution in [-0.4, -0.2) is 29.1 Å². The average molecular weight is 263 g/mol. The molecule has 102 valence electrons. The van der Waals surface area contributed by atoms with E-state index in [0.717, 1.165) is 12.1 Å². The van der Waals surface area contributed by atoms with Crippen molar-refractivity contribution in [3.8, 4) is 0 Å². The Labute approximate surface area is 112 Å². The molecule has 2 aliphatic rings. The Morgan fingerprint density at radius 2 is 1.95 bits per heavy atom. The van der Waals surface area contributed by atoms with Gasteiger partial charge in [0.1, 0.15) is 5.82 Å². The van der Waals surface area contributed by atoms with E-state index in [1.54, 1.807) is 12.1 Å². The number of carbonyl (C=O) groups is 1. The molecule has 1 aromatic rings. The predicted octanol–water partition coefficient (Wildman–Crippen LogP) is 2.37. The third-order valence-corrected chi connectivity index (χ3v) is 4.30. The van der Waals surface area contributed by atoms with E-state index in [4.69, 9.17) is 0 Å². The van der Waals surface area contributed by atoms with Crippen molar-refractivity contribution >= 4 is 5.97 Å². The van der Waals surface area contributed by atoms with Crippen molar-refractivity contribution in [2.24, 2.45) is 17.8 Å². The van der Waals surface area contributed by atoms with Crippen LogP contribution in [0.3, 0.4) is 0 Å².